The molecule has 7 heteroatoms. The summed E-state index contributed by atoms with van der Waals surface area (Å²) >= 11 is 0. The summed E-state index contributed by atoms with van der Waals surface area (Å²) in [4.78, 5) is 24.5. The van der Waals surface area contributed by atoms with Crippen molar-refractivity contribution in [2.45, 2.75) is 52.0 Å². The fourth-order valence-electron chi connectivity index (χ4n) is 4.80. The molecule has 0 bridgehead atoms. The summed E-state index contributed by atoms with van der Waals surface area (Å²) in [6.45, 7) is 6.75. The van der Waals surface area contributed by atoms with Crippen LogP contribution in [-0.4, -0.2) is 51.7 Å². The quantitative estimate of drug-likeness (QED) is 0.810. The van der Waals surface area contributed by atoms with Gasteiger partial charge >= 0.3 is 6.09 Å². The van der Waals surface area contributed by atoms with Gasteiger partial charge in [0.05, 0.1) is 11.7 Å². The van der Waals surface area contributed by atoms with Crippen molar-refractivity contribution in [3.05, 3.63) is 11.3 Å². The number of anilines is 2. The molecule has 25 heavy (non-hydrogen) atoms. The number of nitrogens with zero attached hydrogens (tertiary/aromatic N) is 4. The van der Waals surface area contributed by atoms with E-state index in [-0.39, 0.29) is 11.5 Å². The van der Waals surface area contributed by atoms with Crippen LogP contribution in [0.15, 0.2) is 0 Å². The number of rotatable bonds is 1. The van der Waals surface area contributed by atoms with Gasteiger partial charge in [0.1, 0.15) is 5.82 Å². The SMILES string of the molecule is CC1(C)CCc2c(nc(N)nc2N2C[C@H]3CCCN(C(=O)O)[C@H]3C2)C1. The van der Waals surface area contributed by atoms with Crippen LogP contribution in [0, 0.1) is 11.3 Å². The molecule has 4 rings (SSSR count). The van der Waals surface area contributed by atoms with Crippen molar-refractivity contribution in [2.24, 2.45) is 11.3 Å². The molecule has 2 aliphatic heterocycles. The van der Waals surface area contributed by atoms with Crippen molar-refractivity contribution in [1.82, 2.24) is 14.9 Å². The maximum absolute atomic E-state index is 11.6. The van der Waals surface area contributed by atoms with Crippen molar-refractivity contribution in [2.75, 3.05) is 30.3 Å². The van der Waals surface area contributed by atoms with E-state index in [1.54, 1.807) is 4.90 Å². The lowest BCUT2D eigenvalue weighted by molar-refractivity contribution is 0.0965. The van der Waals surface area contributed by atoms with Crippen LogP contribution in [-0.2, 0) is 12.8 Å². The molecule has 1 aromatic heterocycles. The molecule has 0 unspecified atom stereocenters. The molecule has 0 aromatic carbocycles. The fourth-order valence-corrected chi connectivity index (χ4v) is 4.80. The zero-order valence-corrected chi connectivity index (χ0v) is 15.0. The molecule has 7 nitrogen and oxygen atoms in total. The first-order chi connectivity index (χ1) is 11.8. The Morgan fingerprint density at radius 1 is 1.32 bits per heavy atom. The van der Waals surface area contributed by atoms with Gasteiger partial charge in [-0.05, 0) is 43.4 Å². The summed E-state index contributed by atoms with van der Waals surface area (Å²) in [5.74, 6) is 1.66. The number of carbonyl (C=O) groups is 1. The van der Waals surface area contributed by atoms with E-state index in [1.807, 2.05) is 0 Å². The minimum absolute atomic E-state index is 0.0677. The van der Waals surface area contributed by atoms with Crippen LogP contribution < -0.4 is 10.6 Å². The highest BCUT2D eigenvalue weighted by Crippen LogP contribution is 2.40. The molecular formula is C18H27N5O2. The van der Waals surface area contributed by atoms with Gasteiger partial charge < -0.3 is 20.6 Å². The van der Waals surface area contributed by atoms with E-state index in [0.29, 0.717) is 25.0 Å². The average Bonchev–Trinajstić information content (AvgIpc) is 2.96. The Kier molecular flexibility index (Phi) is 3.77. The third kappa shape index (κ3) is 2.89. The monoisotopic (exact) mass is 345 g/mol. The molecule has 2 fully saturated rings. The van der Waals surface area contributed by atoms with Crippen molar-refractivity contribution < 1.29 is 9.90 Å². The molecular weight excluding hydrogens is 318 g/mol. The molecule has 136 valence electrons. The molecule has 3 N–H and O–H groups in total. The third-order valence-electron chi connectivity index (χ3n) is 6.11. The van der Waals surface area contributed by atoms with Crippen molar-refractivity contribution in [3.8, 4) is 0 Å². The summed E-state index contributed by atoms with van der Waals surface area (Å²) in [5, 5.41) is 9.50. The van der Waals surface area contributed by atoms with Gasteiger partial charge in [-0.25, -0.2) is 9.78 Å². The minimum atomic E-state index is -0.803. The molecule has 3 aliphatic rings. The van der Waals surface area contributed by atoms with Crippen LogP contribution in [0.4, 0.5) is 16.6 Å². The second-order valence-corrected chi connectivity index (χ2v) is 8.52. The molecule has 2 atom stereocenters. The van der Waals surface area contributed by atoms with Gasteiger partial charge in [-0.3, -0.25) is 0 Å². The number of nitrogens with two attached hydrogens (primary N) is 1. The summed E-state index contributed by atoms with van der Waals surface area (Å²) in [6.07, 6.45) is 4.22. The predicted octanol–water partition coefficient (Wildman–Crippen LogP) is 2.15. The van der Waals surface area contributed by atoms with E-state index < -0.39 is 6.09 Å². The first-order valence-electron chi connectivity index (χ1n) is 9.24. The zero-order chi connectivity index (χ0) is 17.8. The van der Waals surface area contributed by atoms with Crippen LogP contribution in [0.2, 0.25) is 0 Å². The Balaban J connectivity index is 1.65. The van der Waals surface area contributed by atoms with E-state index in [2.05, 4.69) is 28.7 Å². The van der Waals surface area contributed by atoms with Crippen LogP contribution in [0.25, 0.3) is 0 Å². The fraction of sp³-hybridized carbons (Fsp3) is 0.722. The van der Waals surface area contributed by atoms with Gasteiger partial charge in [-0.15, -0.1) is 0 Å². The van der Waals surface area contributed by atoms with E-state index >= 15 is 0 Å². The summed E-state index contributed by atoms with van der Waals surface area (Å²) in [5.41, 5.74) is 8.54. The van der Waals surface area contributed by atoms with Gasteiger partial charge in [0.2, 0.25) is 5.95 Å². The van der Waals surface area contributed by atoms with Crippen LogP contribution >= 0.6 is 0 Å². The third-order valence-corrected chi connectivity index (χ3v) is 6.11. The predicted molar refractivity (Wildman–Crippen MR) is 95.7 cm³/mol. The van der Waals surface area contributed by atoms with Crippen LogP contribution in [0.5, 0.6) is 0 Å². The smallest absolute Gasteiger partial charge is 0.407 e. The number of hydrogen-bond donors (Lipinski definition) is 2. The van der Waals surface area contributed by atoms with Gasteiger partial charge in [0.25, 0.3) is 0 Å². The van der Waals surface area contributed by atoms with Crippen molar-refractivity contribution in [1.29, 1.82) is 0 Å². The first kappa shape index (κ1) is 16.4. The highest BCUT2D eigenvalue weighted by atomic mass is 16.4. The number of aromatic nitrogens is 2. The molecule has 0 spiro atoms. The number of amides is 1. The molecule has 2 saturated heterocycles. The maximum atomic E-state index is 11.6. The van der Waals surface area contributed by atoms with E-state index in [1.165, 1.54) is 5.56 Å². The number of likely N-dealkylation sites (tertiary alicyclic amines) is 1. The zero-order valence-electron chi connectivity index (χ0n) is 15.0. The lowest BCUT2D eigenvalue weighted by Crippen LogP contribution is -2.47. The largest absolute Gasteiger partial charge is 0.465 e. The van der Waals surface area contributed by atoms with E-state index in [0.717, 1.165) is 50.2 Å². The highest BCUT2D eigenvalue weighted by molar-refractivity contribution is 5.66. The Morgan fingerprint density at radius 2 is 2.12 bits per heavy atom. The van der Waals surface area contributed by atoms with Crippen molar-refractivity contribution in [3.63, 3.8) is 0 Å². The normalized spacial score (nSPS) is 27.8. The summed E-state index contributed by atoms with van der Waals surface area (Å²) in [7, 11) is 0. The Labute approximate surface area is 148 Å². The number of carboxylic acid groups (broad SMARTS) is 1. The van der Waals surface area contributed by atoms with Gasteiger partial charge in [0, 0.05) is 25.2 Å². The lowest BCUT2D eigenvalue weighted by Gasteiger charge is -2.34. The Bertz CT molecular complexity index is 705. The number of hydrogen-bond acceptors (Lipinski definition) is 5. The second-order valence-electron chi connectivity index (χ2n) is 8.52. The van der Waals surface area contributed by atoms with Gasteiger partial charge in [0.15, 0.2) is 0 Å². The minimum Gasteiger partial charge on any atom is -0.465 e. The molecule has 3 heterocycles. The van der Waals surface area contributed by atoms with Crippen LogP contribution in [0.3, 0.4) is 0 Å². The average molecular weight is 345 g/mol. The number of piperidine rings is 1. The molecule has 0 radical (unpaired) electrons. The number of fused-ring (bicyclic) bond motifs is 2. The lowest BCUT2D eigenvalue weighted by atomic mass is 9.76. The van der Waals surface area contributed by atoms with Crippen LogP contribution in [0.1, 0.15) is 44.4 Å². The molecule has 0 saturated carbocycles. The summed E-state index contributed by atoms with van der Waals surface area (Å²) in [6, 6.07) is 0.0677. The highest BCUT2D eigenvalue weighted by Gasteiger charge is 2.42. The Hall–Kier alpha value is -2.05. The van der Waals surface area contributed by atoms with E-state index in [9.17, 15) is 9.90 Å². The molecule has 1 aliphatic carbocycles. The molecule has 1 amide bonds. The van der Waals surface area contributed by atoms with Crippen molar-refractivity contribution >= 4 is 17.9 Å². The first-order valence-corrected chi connectivity index (χ1v) is 9.24. The maximum Gasteiger partial charge on any atom is 0.407 e. The Morgan fingerprint density at radius 3 is 2.88 bits per heavy atom. The second kappa shape index (κ2) is 5.75. The van der Waals surface area contributed by atoms with E-state index in [4.69, 9.17) is 5.73 Å². The van der Waals surface area contributed by atoms with Gasteiger partial charge in [-0.2, -0.15) is 4.98 Å². The summed E-state index contributed by atoms with van der Waals surface area (Å²) < 4.78 is 0. The van der Waals surface area contributed by atoms with Gasteiger partial charge in [-0.1, -0.05) is 13.8 Å². The number of nitrogen functional groups attached to an aromatic ring is 1. The topological polar surface area (TPSA) is 95.6 Å². The standard InChI is InChI=1S/C18H27N5O2/c1-18(2)6-5-12-13(8-18)20-16(19)21-15(12)22-9-11-4-3-7-23(17(24)25)14(11)10-22/h11,14H,3-10H2,1-2H3,(H,24,25)(H2,19,20,21)/t11-,14+/m1/s1. The molecule has 1 aromatic rings.